The van der Waals surface area contributed by atoms with Gasteiger partial charge in [0.1, 0.15) is 18.1 Å². The van der Waals surface area contributed by atoms with Crippen molar-refractivity contribution in [1.82, 2.24) is 16.0 Å². The molecule has 5 atom stereocenters. The quantitative estimate of drug-likeness (QED) is 0.0502. The second-order valence-electron chi connectivity index (χ2n) is 13.7. The Balaban J connectivity index is 2.56. The van der Waals surface area contributed by atoms with Gasteiger partial charge < -0.3 is 44.4 Å². The average Bonchev–Trinajstić information content (AvgIpc) is 3.08. The van der Waals surface area contributed by atoms with Gasteiger partial charge in [-0.2, -0.15) is 0 Å². The summed E-state index contributed by atoms with van der Waals surface area (Å²) in [4.78, 5) is 85.4. The molecule has 0 saturated carbocycles. The van der Waals surface area contributed by atoms with Crippen LogP contribution in [0.25, 0.3) is 0 Å². The van der Waals surface area contributed by atoms with Crippen molar-refractivity contribution in [3.63, 3.8) is 0 Å². The third kappa shape index (κ3) is 19.7. The Kier molecular flexibility index (Phi) is 23.2. The van der Waals surface area contributed by atoms with Gasteiger partial charge in [0.15, 0.2) is 24.6 Å². The molecule has 53 heavy (non-hydrogen) atoms. The predicted octanol–water partition coefficient (Wildman–Crippen LogP) is 3.16. The van der Waals surface area contributed by atoms with Crippen molar-refractivity contribution in [3.05, 3.63) is 0 Å². The third-order valence-electron chi connectivity index (χ3n) is 8.49. The predicted molar refractivity (Wildman–Crippen MR) is 192 cm³/mol. The fourth-order valence-corrected chi connectivity index (χ4v) is 5.62. The molecule has 0 aliphatic carbocycles. The molecule has 0 unspecified atom stereocenters. The molecule has 1 saturated heterocycles. The van der Waals surface area contributed by atoms with Gasteiger partial charge in [-0.25, -0.2) is 0 Å². The molecule has 0 spiro atoms. The Morgan fingerprint density at radius 1 is 0.585 bits per heavy atom. The molecule has 3 N–H and O–H groups in total. The van der Waals surface area contributed by atoms with Gasteiger partial charge in [-0.05, 0) is 20.3 Å². The molecule has 1 rings (SSSR count). The van der Waals surface area contributed by atoms with E-state index in [1.807, 2.05) is 0 Å². The maximum Gasteiger partial charge on any atom is 0.303 e. The van der Waals surface area contributed by atoms with E-state index < -0.39 is 78.4 Å². The van der Waals surface area contributed by atoms with Crippen LogP contribution in [0.2, 0.25) is 0 Å². The summed E-state index contributed by atoms with van der Waals surface area (Å²) in [5.74, 6) is -4.23. The molecule has 16 nitrogen and oxygen atoms in total. The molecule has 16 heteroatoms. The van der Waals surface area contributed by atoms with Crippen molar-refractivity contribution >= 4 is 41.6 Å². The molecular formula is C37H63N3O13. The smallest absolute Gasteiger partial charge is 0.303 e. The van der Waals surface area contributed by atoms with E-state index in [1.165, 1.54) is 65.2 Å². The molecule has 0 radical (unpaired) electrons. The summed E-state index contributed by atoms with van der Waals surface area (Å²) in [5.41, 5.74) is -1.48. The fourth-order valence-electron chi connectivity index (χ4n) is 5.62. The molecule has 1 fully saturated rings. The second-order valence-corrected chi connectivity index (χ2v) is 13.7. The molecule has 1 aliphatic rings. The molecule has 0 aromatic heterocycles. The lowest BCUT2D eigenvalue weighted by Crippen LogP contribution is -2.63. The largest absolute Gasteiger partial charge is 0.463 e. The molecular weight excluding hydrogens is 694 g/mol. The first-order valence-electron chi connectivity index (χ1n) is 18.8. The number of esters is 4. The normalized spacial score (nSPS) is 19.7. The second kappa shape index (κ2) is 26.1. The van der Waals surface area contributed by atoms with E-state index in [2.05, 4.69) is 22.9 Å². The topological polar surface area (TPSA) is 211 Å². The maximum atomic E-state index is 13.0. The summed E-state index contributed by atoms with van der Waals surface area (Å²) in [5, 5.41) is 8.08. The van der Waals surface area contributed by atoms with Gasteiger partial charge in [0.25, 0.3) is 0 Å². The molecule has 0 aromatic carbocycles. The number of unbranched alkanes of at least 4 members (excludes halogenated alkanes) is 10. The highest BCUT2D eigenvalue weighted by molar-refractivity contribution is 6.04. The Hall–Kier alpha value is -3.79. The minimum atomic E-state index is -1.48. The molecule has 1 aliphatic heterocycles. The third-order valence-corrected chi connectivity index (χ3v) is 8.49. The first-order chi connectivity index (χ1) is 25.1. The van der Waals surface area contributed by atoms with Gasteiger partial charge in [0.05, 0.1) is 6.61 Å². The van der Waals surface area contributed by atoms with E-state index in [-0.39, 0.29) is 32.1 Å². The van der Waals surface area contributed by atoms with Crippen LogP contribution in [-0.4, -0.2) is 105 Å². The van der Waals surface area contributed by atoms with Crippen molar-refractivity contribution in [1.29, 1.82) is 0 Å². The fraction of sp³-hybridized carbons (Fsp3) is 0.811. The van der Waals surface area contributed by atoms with E-state index in [0.717, 1.165) is 47.0 Å². The Morgan fingerprint density at radius 2 is 1.06 bits per heavy atom. The summed E-state index contributed by atoms with van der Waals surface area (Å²) >= 11 is 0. The van der Waals surface area contributed by atoms with Crippen LogP contribution >= 0.6 is 0 Å². The number of amides is 3. The summed E-state index contributed by atoms with van der Waals surface area (Å²) in [6.45, 7) is 9.22. The van der Waals surface area contributed by atoms with Crippen LogP contribution in [0.15, 0.2) is 0 Å². The Morgan fingerprint density at radius 3 is 1.58 bits per heavy atom. The zero-order chi connectivity index (χ0) is 39.8. The number of nitrogens with one attached hydrogen (secondary N) is 3. The summed E-state index contributed by atoms with van der Waals surface area (Å²) < 4.78 is 32.7. The standard InChI is InChI=1S/C37H63N3O13/c1-8-9-10-11-12-13-14-15-16-17-18-19-30(45)38-20-21-39-35(46)37(6,7)36(47)40-22-23-48-34-33(52-28(5)44)32(51-27(4)43)31(50-26(3)42)29(53-34)24-49-25(2)41/h29,31-34H,8-24H2,1-7H3,(H,38,45)(H,39,46)(H,40,47)/t29-,31+,32+,33-,34-/m1/s1. The van der Waals surface area contributed by atoms with Crippen LogP contribution in [0.1, 0.15) is 126 Å². The zero-order valence-corrected chi connectivity index (χ0v) is 32.7. The lowest BCUT2D eigenvalue weighted by atomic mass is 9.91. The van der Waals surface area contributed by atoms with Crippen molar-refractivity contribution in [3.8, 4) is 0 Å². The first-order valence-corrected chi connectivity index (χ1v) is 18.8. The van der Waals surface area contributed by atoms with Crippen LogP contribution in [0, 0.1) is 5.41 Å². The van der Waals surface area contributed by atoms with Crippen molar-refractivity contribution in [2.75, 3.05) is 32.8 Å². The van der Waals surface area contributed by atoms with E-state index in [0.29, 0.717) is 6.42 Å². The minimum Gasteiger partial charge on any atom is -0.463 e. The molecule has 3 amide bonds. The van der Waals surface area contributed by atoms with Crippen molar-refractivity contribution < 1.29 is 62.0 Å². The van der Waals surface area contributed by atoms with Crippen molar-refractivity contribution in [2.45, 2.75) is 156 Å². The monoisotopic (exact) mass is 757 g/mol. The highest BCUT2D eigenvalue weighted by Gasteiger charge is 2.52. The summed E-state index contributed by atoms with van der Waals surface area (Å²) in [7, 11) is 0. The van der Waals surface area contributed by atoms with Crippen LogP contribution < -0.4 is 16.0 Å². The SMILES string of the molecule is CCCCCCCCCCCCCC(=O)NCCNC(=O)C(C)(C)C(=O)NCCO[C@@H]1O[C@H](COC(C)=O)[C@H](OC(C)=O)[C@H](OC(C)=O)[C@H]1OC(C)=O. The number of carbonyl (C=O) groups is 7. The van der Waals surface area contributed by atoms with E-state index in [4.69, 9.17) is 28.4 Å². The minimum absolute atomic E-state index is 0.0798. The van der Waals surface area contributed by atoms with E-state index >= 15 is 0 Å². The summed E-state index contributed by atoms with van der Waals surface area (Å²) in [6.07, 6.45) is 6.90. The maximum absolute atomic E-state index is 13.0. The van der Waals surface area contributed by atoms with E-state index in [1.54, 1.807) is 0 Å². The van der Waals surface area contributed by atoms with Crippen LogP contribution in [0.3, 0.4) is 0 Å². The number of hydrogen-bond donors (Lipinski definition) is 3. The lowest BCUT2D eigenvalue weighted by Gasteiger charge is -2.44. The highest BCUT2D eigenvalue weighted by Crippen LogP contribution is 2.30. The van der Waals surface area contributed by atoms with Crippen LogP contribution in [-0.2, 0) is 62.0 Å². The van der Waals surface area contributed by atoms with Crippen LogP contribution in [0.5, 0.6) is 0 Å². The number of ether oxygens (including phenoxy) is 6. The number of rotatable bonds is 26. The average molecular weight is 758 g/mol. The zero-order valence-electron chi connectivity index (χ0n) is 32.7. The van der Waals surface area contributed by atoms with Gasteiger partial charge in [-0.3, -0.25) is 33.6 Å². The highest BCUT2D eigenvalue weighted by atomic mass is 16.7. The number of carbonyl (C=O) groups excluding carboxylic acids is 7. The van der Waals surface area contributed by atoms with E-state index in [9.17, 15) is 33.6 Å². The first kappa shape index (κ1) is 47.2. The summed E-state index contributed by atoms with van der Waals surface area (Å²) in [6, 6.07) is 0. The molecule has 304 valence electrons. The lowest BCUT2D eigenvalue weighted by molar-refractivity contribution is -0.307. The van der Waals surface area contributed by atoms with Gasteiger partial charge in [-0.15, -0.1) is 0 Å². The van der Waals surface area contributed by atoms with Gasteiger partial charge in [0.2, 0.25) is 17.7 Å². The van der Waals surface area contributed by atoms with Crippen molar-refractivity contribution in [2.24, 2.45) is 5.41 Å². The Bertz CT molecular complexity index is 1180. The van der Waals surface area contributed by atoms with Crippen LogP contribution in [0.4, 0.5) is 0 Å². The van der Waals surface area contributed by atoms with Gasteiger partial charge in [0, 0.05) is 53.8 Å². The molecule has 0 bridgehead atoms. The van der Waals surface area contributed by atoms with Gasteiger partial charge in [-0.1, -0.05) is 71.1 Å². The molecule has 0 aromatic rings. The molecule has 1 heterocycles. The van der Waals surface area contributed by atoms with Gasteiger partial charge >= 0.3 is 23.9 Å². The number of hydrogen-bond acceptors (Lipinski definition) is 13. The Labute approximate surface area is 313 Å².